The average molecular weight is 201 g/mol. The number of rotatable bonds is 6. The topological polar surface area (TPSA) is 32.3 Å². The van der Waals surface area contributed by atoms with Crippen LogP contribution in [0.1, 0.15) is 48.0 Å². The fraction of sp³-hybridized carbons (Fsp3) is 1.00. The summed E-state index contributed by atoms with van der Waals surface area (Å²) >= 11 is 0. The zero-order chi connectivity index (χ0) is 11.4. The van der Waals surface area contributed by atoms with Crippen LogP contribution in [-0.4, -0.2) is 23.8 Å². The first kappa shape index (κ1) is 13.9. The molecule has 0 aliphatic carbocycles. The van der Waals surface area contributed by atoms with Crippen molar-refractivity contribution in [3.8, 4) is 0 Å². The Labute approximate surface area is 89.1 Å². The van der Waals surface area contributed by atoms with Crippen LogP contribution < -0.4 is 5.32 Å². The smallest absolute Gasteiger partial charge is 0.0766 e. The van der Waals surface area contributed by atoms with Crippen LogP contribution in [0.25, 0.3) is 0 Å². The number of aliphatic hydroxyl groups is 1. The van der Waals surface area contributed by atoms with E-state index in [4.69, 9.17) is 0 Å². The van der Waals surface area contributed by atoms with E-state index in [0.717, 1.165) is 13.0 Å². The van der Waals surface area contributed by atoms with Crippen LogP contribution in [0.3, 0.4) is 0 Å². The van der Waals surface area contributed by atoms with Crippen LogP contribution in [0.4, 0.5) is 0 Å². The molecule has 0 fully saturated rings. The minimum Gasteiger partial charge on any atom is -0.389 e. The van der Waals surface area contributed by atoms with Gasteiger partial charge in [-0.15, -0.1) is 0 Å². The molecule has 0 aromatic heterocycles. The third-order valence-electron chi connectivity index (χ3n) is 3.29. The minimum absolute atomic E-state index is 0.291. The Morgan fingerprint density at radius 3 is 2.00 bits per heavy atom. The molecule has 0 rings (SSSR count). The van der Waals surface area contributed by atoms with Crippen molar-refractivity contribution in [1.82, 2.24) is 5.32 Å². The van der Waals surface area contributed by atoms with Crippen LogP contribution >= 0.6 is 0 Å². The summed E-state index contributed by atoms with van der Waals surface area (Å²) in [6, 6.07) is 0. The van der Waals surface area contributed by atoms with Crippen LogP contribution in [-0.2, 0) is 0 Å². The van der Waals surface area contributed by atoms with Crippen molar-refractivity contribution in [1.29, 1.82) is 0 Å². The zero-order valence-electron chi connectivity index (χ0n) is 10.6. The molecule has 2 nitrogen and oxygen atoms in total. The molecule has 0 aliphatic rings. The van der Waals surface area contributed by atoms with Crippen LogP contribution in [0, 0.1) is 11.3 Å². The first-order valence-corrected chi connectivity index (χ1v) is 5.64. The van der Waals surface area contributed by atoms with Crippen molar-refractivity contribution in [2.45, 2.75) is 53.6 Å². The van der Waals surface area contributed by atoms with Crippen molar-refractivity contribution < 1.29 is 5.11 Å². The van der Waals surface area contributed by atoms with Crippen molar-refractivity contribution in [2.24, 2.45) is 11.3 Å². The monoisotopic (exact) mass is 201 g/mol. The molecule has 0 saturated carbocycles. The second-order valence-electron chi connectivity index (χ2n) is 5.63. The van der Waals surface area contributed by atoms with Gasteiger partial charge in [-0.3, -0.25) is 0 Å². The third-order valence-corrected chi connectivity index (χ3v) is 3.29. The minimum atomic E-state index is -0.593. The van der Waals surface area contributed by atoms with Crippen LogP contribution in [0.15, 0.2) is 0 Å². The Morgan fingerprint density at radius 1 is 1.14 bits per heavy atom. The maximum Gasteiger partial charge on any atom is 0.0766 e. The predicted molar refractivity (Wildman–Crippen MR) is 62.4 cm³/mol. The Balaban J connectivity index is 3.85. The van der Waals surface area contributed by atoms with Gasteiger partial charge in [0.1, 0.15) is 0 Å². The van der Waals surface area contributed by atoms with Gasteiger partial charge < -0.3 is 10.4 Å². The summed E-state index contributed by atoms with van der Waals surface area (Å²) in [5.74, 6) is 0.291. The van der Waals surface area contributed by atoms with Crippen molar-refractivity contribution in [3.05, 3.63) is 0 Å². The highest BCUT2D eigenvalue weighted by molar-refractivity contribution is 4.80. The second-order valence-corrected chi connectivity index (χ2v) is 5.63. The highest BCUT2D eigenvalue weighted by Crippen LogP contribution is 2.19. The highest BCUT2D eigenvalue weighted by atomic mass is 16.3. The first-order valence-electron chi connectivity index (χ1n) is 5.64. The Bertz CT molecular complexity index is 162. The molecule has 1 atom stereocenters. The highest BCUT2D eigenvalue weighted by Gasteiger charge is 2.25. The van der Waals surface area contributed by atoms with Gasteiger partial charge in [0.05, 0.1) is 5.60 Å². The van der Waals surface area contributed by atoms with E-state index < -0.39 is 5.60 Å². The quantitative estimate of drug-likeness (QED) is 0.692. The summed E-state index contributed by atoms with van der Waals surface area (Å²) in [5.41, 5.74) is -0.267. The summed E-state index contributed by atoms with van der Waals surface area (Å²) in [6.07, 6.45) is 1.16. The number of hydrogen-bond donors (Lipinski definition) is 2. The summed E-state index contributed by atoms with van der Waals surface area (Å²) in [4.78, 5) is 0. The molecule has 0 radical (unpaired) electrons. The molecule has 0 amide bonds. The lowest BCUT2D eigenvalue weighted by atomic mass is 9.89. The van der Waals surface area contributed by atoms with E-state index in [1.54, 1.807) is 0 Å². The molecule has 0 aromatic carbocycles. The lowest BCUT2D eigenvalue weighted by Gasteiger charge is -2.30. The third kappa shape index (κ3) is 4.97. The van der Waals surface area contributed by atoms with Gasteiger partial charge in [0.2, 0.25) is 0 Å². The van der Waals surface area contributed by atoms with E-state index in [1.165, 1.54) is 0 Å². The molecule has 0 aromatic rings. The van der Waals surface area contributed by atoms with E-state index in [2.05, 4.69) is 26.1 Å². The van der Waals surface area contributed by atoms with Gasteiger partial charge in [0.25, 0.3) is 0 Å². The fourth-order valence-corrected chi connectivity index (χ4v) is 0.983. The maximum atomic E-state index is 10.00. The van der Waals surface area contributed by atoms with Crippen molar-refractivity contribution in [2.75, 3.05) is 13.1 Å². The summed E-state index contributed by atoms with van der Waals surface area (Å²) < 4.78 is 0. The molecule has 0 bridgehead atoms. The standard InChI is InChI=1S/C12H27NO/c1-7-11(4,5)8-13-9-12(6,14)10(2)3/h10,13-14H,7-9H2,1-6H3. The lowest BCUT2D eigenvalue weighted by molar-refractivity contribution is 0.0124. The van der Waals surface area contributed by atoms with Gasteiger partial charge >= 0.3 is 0 Å². The van der Waals surface area contributed by atoms with Crippen LogP contribution in [0.2, 0.25) is 0 Å². The molecule has 2 heteroatoms. The average Bonchev–Trinajstić information content (AvgIpc) is 2.03. The van der Waals surface area contributed by atoms with Crippen LogP contribution in [0.5, 0.6) is 0 Å². The van der Waals surface area contributed by atoms with E-state index in [9.17, 15) is 5.11 Å². The summed E-state index contributed by atoms with van der Waals surface area (Å²) in [7, 11) is 0. The maximum absolute atomic E-state index is 10.00. The summed E-state index contributed by atoms with van der Waals surface area (Å²) in [6.45, 7) is 14.3. The largest absolute Gasteiger partial charge is 0.389 e. The van der Waals surface area contributed by atoms with E-state index in [1.807, 2.05) is 20.8 Å². The van der Waals surface area contributed by atoms with Gasteiger partial charge in [-0.2, -0.15) is 0 Å². The van der Waals surface area contributed by atoms with Gasteiger partial charge in [0.15, 0.2) is 0 Å². The Morgan fingerprint density at radius 2 is 1.64 bits per heavy atom. The van der Waals surface area contributed by atoms with Crippen molar-refractivity contribution in [3.63, 3.8) is 0 Å². The molecule has 86 valence electrons. The van der Waals surface area contributed by atoms with Gasteiger partial charge in [0, 0.05) is 13.1 Å². The van der Waals surface area contributed by atoms with Gasteiger partial charge in [-0.05, 0) is 24.7 Å². The van der Waals surface area contributed by atoms with Gasteiger partial charge in [-0.1, -0.05) is 34.6 Å². The lowest BCUT2D eigenvalue weighted by Crippen LogP contribution is -2.44. The molecule has 0 spiro atoms. The molecular formula is C12H27NO. The summed E-state index contributed by atoms with van der Waals surface area (Å²) in [5, 5.41) is 13.3. The molecule has 0 saturated heterocycles. The predicted octanol–water partition coefficient (Wildman–Crippen LogP) is 2.42. The molecule has 2 N–H and O–H groups in total. The Hall–Kier alpha value is -0.0800. The fourth-order valence-electron chi connectivity index (χ4n) is 0.983. The van der Waals surface area contributed by atoms with E-state index >= 15 is 0 Å². The number of hydrogen-bond acceptors (Lipinski definition) is 2. The van der Waals surface area contributed by atoms with Crippen molar-refractivity contribution >= 4 is 0 Å². The Kier molecular flexibility index (Phi) is 5.10. The second kappa shape index (κ2) is 5.13. The molecule has 1 unspecified atom stereocenters. The molecular weight excluding hydrogens is 174 g/mol. The molecule has 0 heterocycles. The van der Waals surface area contributed by atoms with E-state index in [-0.39, 0.29) is 0 Å². The number of nitrogens with one attached hydrogen (secondary N) is 1. The SMILES string of the molecule is CCC(C)(C)CNCC(C)(O)C(C)C. The first-order chi connectivity index (χ1) is 6.21. The zero-order valence-corrected chi connectivity index (χ0v) is 10.6. The molecule has 0 aliphatic heterocycles. The normalized spacial score (nSPS) is 17.1. The van der Waals surface area contributed by atoms with Gasteiger partial charge in [-0.25, -0.2) is 0 Å². The van der Waals surface area contributed by atoms with E-state index in [0.29, 0.717) is 17.9 Å². The molecule has 14 heavy (non-hydrogen) atoms.